The average Bonchev–Trinajstić information content (AvgIpc) is 3.09. The summed E-state index contributed by atoms with van der Waals surface area (Å²) in [6, 6.07) is 13.6. The fraction of sp³-hybridized carbons (Fsp3) is 0.381. The minimum absolute atomic E-state index is 0.0226. The molecular formula is C21H26N2O3. The van der Waals surface area contributed by atoms with Gasteiger partial charge in [0.25, 0.3) is 0 Å². The molecule has 2 aromatic rings. The lowest BCUT2D eigenvalue weighted by molar-refractivity contribution is -0.120. The normalized spacial score (nSPS) is 13.9. The van der Waals surface area contributed by atoms with E-state index in [0.29, 0.717) is 12.5 Å². The number of benzene rings is 2. The number of anilines is 1. The molecule has 0 saturated carbocycles. The van der Waals surface area contributed by atoms with Crippen molar-refractivity contribution in [3.05, 3.63) is 53.6 Å². The minimum atomic E-state index is -0.259. The van der Waals surface area contributed by atoms with E-state index in [4.69, 9.17) is 9.47 Å². The first kappa shape index (κ1) is 18.3. The maximum absolute atomic E-state index is 12.6. The van der Waals surface area contributed by atoms with Gasteiger partial charge in [-0.2, -0.15) is 0 Å². The van der Waals surface area contributed by atoms with Crippen molar-refractivity contribution in [3.8, 4) is 11.5 Å². The highest BCUT2D eigenvalue weighted by Crippen LogP contribution is 2.32. The summed E-state index contributed by atoms with van der Waals surface area (Å²) in [5.41, 5.74) is 3.16. The number of nitrogens with zero attached hydrogens (tertiary/aromatic N) is 1. The molecule has 0 fully saturated rings. The van der Waals surface area contributed by atoms with Gasteiger partial charge in [0.2, 0.25) is 12.7 Å². The van der Waals surface area contributed by atoms with Gasteiger partial charge in [-0.25, -0.2) is 0 Å². The summed E-state index contributed by atoms with van der Waals surface area (Å²) in [4.78, 5) is 14.6. The van der Waals surface area contributed by atoms with E-state index in [1.807, 2.05) is 49.2 Å². The Morgan fingerprint density at radius 1 is 1.08 bits per heavy atom. The van der Waals surface area contributed by atoms with Crippen molar-refractivity contribution in [1.29, 1.82) is 0 Å². The molecule has 1 aliphatic rings. The van der Waals surface area contributed by atoms with Crippen molar-refractivity contribution < 1.29 is 14.3 Å². The van der Waals surface area contributed by atoms with Crippen LogP contribution in [0, 0.1) is 0 Å². The first-order valence-corrected chi connectivity index (χ1v) is 8.93. The number of fused-ring (bicyclic) bond motifs is 1. The molecule has 1 atom stereocenters. The number of hydrogen-bond donors (Lipinski definition) is 1. The second kappa shape index (κ2) is 7.79. The quantitative estimate of drug-likeness (QED) is 0.852. The highest BCUT2D eigenvalue weighted by Gasteiger charge is 2.20. The standard InChI is InChI=1S/C21H26N2O3/c1-14(2)17-6-8-18(9-7-17)22-21(24)15(3)23(4)12-16-5-10-19-20(11-16)26-13-25-19/h5-11,14-15H,12-13H2,1-4H3,(H,22,24)/t15-/m0/s1. The molecule has 26 heavy (non-hydrogen) atoms. The Morgan fingerprint density at radius 3 is 2.46 bits per heavy atom. The van der Waals surface area contributed by atoms with E-state index < -0.39 is 0 Å². The predicted octanol–water partition coefficient (Wildman–Crippen LogP) is 4.00. The highest BCUT2D eigenvalue weighted by molar-refractivity contribution is 5.94. The number of rotatable bonds is 6. The van der Waals surface area contributed by atoms with E-state index >= 15 is 0 Å². The van der Waals surface area contributed by atoms with Gasteiger partial charge in [0.05, 0.1) is 6.04 Å². The molecule has 0 radical (unpaired) electrons. The molecule has 138 valence electrons. The summed E-state index contributed by atoms with van der Waals surface area (Å²) in [6.45, 7) is 7.13. The Kier molecular flexibility index (Phi) is 5.47. The van der Waals surface area contributed by atoms with E-state index in [-0.39, 0.29) is 18.7 Å². The lowest BCUT2D eigenvalue weighted by Gasteiger charge is -2.24. The van der Waals surface area contributed by atoms with Crippen LogP contribution in [-0.2, 0) is 11.3 Å². The number of nitrogens with one attached hydrogen (secondary N) is 1. The Morgan fingerprint density at radius 2 is 1.77 bits per heavy atom. The second-order valence-corrected chi connectivity index (χ2v) is 7.04. The van der Waals surface area contributed by atoms with Crippen LogP contribution in [0.25, 0.3) is 0 Å². The predicted molar refractivity (Wildman–Crippen MR) is 103 cm³/mol. The van der Waals surface area contributed by atoms with Crippen LogP contribution in [0.15, 0.2) is 42.5 Å². The summed E-state index contributed by atoms with van der Waals surface area (Å²) in [5.74, 6) is 1.99. The molecule has 5 nitrogen and oxygen atoms in total. The molecule has 0 bridgehead atoms. The molecule has 2 aromatic carbocycles. The van der Waals surface area contributed by atoms with E-state index in [2.05, 4.69) is 31.3 Å². The van der Waals surface area contributed by atoms with Crippen LogP contribution in [0.3, 0.4) is 0 Å². The molecule has 1 aliphatic heterocycles. The number of carbonyl (C=O) groups is 1. The molecule has 0 aromatic heterocycles. The fourth-order valence-corrected chi connectivity index (χ4v) is 2.86. The molecule has 1 heterocycles. The van der Waals surface area contributed by atoms with Gasteiger partial charge in [0.1, 0.15) is 0 Å². The van der Waals surface area contributed by atoms with Crippen molar-refractivity contribution in [2.75, 3.05) is 19.2 Å². The van der Waals surface area contributed by atoms with Gasteiger partial charge in [-0.15, -0.1) is 0 Å². The van der Waals surface area contributed by atoms with Crippen LogP contribution in [0.2, 0.25) is 0 Å². The van der Waals surface area contributed by atoms with Gasteiger partial charge in [-0.3, -0.25) is 9.69 Å². The molecule has 1 N–H and O–H groups in total. The molecule has 0 unspecified atom stereocenters. The Hall–Kier alpha value is -2.53. The van der Waals surface area contributed by atoms with Crippen molar-refractivity contribution >= 4 is 11.6 Å². The molecular weight excluding hydrogens is 328 g/mol. The Bertz CT molecular complexity index is 771. The number of amides is 1. The smallest absolute Gasteiger partial charge is 0.241 e. The van der Waals surface area contributed by atoms with Crippen molar-refractivity contribution in [2.45, 2.75) is 39.3 Å². The number of likely N-dealkylation sites (N-methyl/N-ethyl adjacent to an activating group) is 1. The number of hydrogen-bond acceptors (Lipinski definition) is 4. The van der Waals surface area contributed by atoms with Crippen molar-refractivity contribution in [1.82, 2.24) is 4.90 Å². The molecule has 0 saturated heterocycles. The van der Waals surface area contributed by atoms with Crippen molar-refractivity contribution in [3.63, 3.8) is 0 Å². The lowest BCUT2D eigenvalue weighted by atomic mass is 10.0. The first-order valence-electron chi connectivity index (χ1n) is 8.93. The largest absolute Gasteiger partial charge is 0.454 e. The van der Waals surface area contributed by atoms with Gasteiger partial charge in [-0.05, 0) is 55.3 Å². The second-order valence-electron chi connectivity index (χ2n) is 7.04. The first-order chi connectivity index (χ1) is 12.4. The van der Waals surface area contributed by atoms with Gasteiger partial charge >= 0.3 is 0 Å². The topological polar surface area (TPSA) is 50.8 Å². The van der Waals surface area contributed by atoms with Gasteiger partial charge in [0, 0.05) is 12.2 Å². The zero-order chi connectivity index (χ0) is 18.7. The van der Waals surface area contributed by atoms with E-state index in [1.54, 1.807) is 0 Å². The summed E-state index contributed by atoms with van der Waals surface area (Å²) in [7, 11) is 1.94. The Labute approximate surface area is 154 Å². The zero-order valence-corrected chi connectivity index (χ0v) is 15.8. The van der Waals surface area contributed by atoms with Crippen LogP contribution in [0.4, 0.5) is 5.69 Å². The van der Waals surface area contributed by atoms with E-state index in [9.17, 15) is 4.79 Å². The van der Waals surface area contributed by atoms with Gasteiger partial charge in [-0.1, -0.05) is 32.0 Å². The molecule has 5 heteroatoms. The SMILES string of the molecule is CC(C)c1ccc(NC(=O)[C@H](C)N(C)Cc2ccc3c(c2)OCO3)cc1. The summed E-state index contributed by atoms with van der Waals surface area (Å²) >= 11 is 0. The van der Waals surface area contributed by atoms with E-state index in [0.717, 1.165) is 22.7 Å². The van der Waals surface area contributed by atoms with Crippen LogP contribution in [0.1, 0.15) is 37.8 Å². The van der Waals surface area contributed by atoms with Gasteiger partial charge in [0.15, 0.2) is 11.5 Å². The number of ether oxygens (including phenoxy) is 2. The summed E-state index contributed by atoms with van der Waals surface area (Å²) < 4.78 is 10.7. The third kappa shape index (κ3) is 4.17. The highest BCUT2D eigenvalue weighted by atomic mass is 16.7. The minimum Gasteiger partial charge on any atom is -0.454 e. The zero-order valence-electron chi connectivity index (χ0n) is 15.8. The fourth-order valence-electron chi connectivity index (χ4n) is 2.86. The van der Waals surface area contributed by atoms with Crippen LogP contribution < -0.4 is 14.8 Å². The monoisotopic (exact) mass is 354 g/mol. The summed E-state index contributed by atoms with van der Waals surface area (Å²) in [5, 5.41) is 2.99. The summed E-state index contributed by atoms with van der Waals surface area (Å²) in [6.07, 6.45) is 0. The maximum Gasteiger partial charge on any atom is 0.241 e. The average molecular weight is 354 g/mol. The number of carbonyl (C=O) groups excluding carboxylic acids is 1. The van der Waals surface area contributed by atoms with E-state index in [1.165, 1.54) is 5.56 Å². The van der Waals surface area contributed by atoms with Crippen LogP contribution in [0.5, 0.6) is 11.5 Å². The maximum atomic E-state index is 12.6. The molecule has 0 aliphatic carbocycles. The Balaban J connectivity index is 1.58. The molecule has 1 amide bonds. The van der Waals surface area contributed by atoms with Gasteiger partial charge < -0.3 is 14.8 Å². The molecule has 0 spiro atoms. The third-order valence-corrected chi connectivity index (χ3v) is 4.75. The van der Waals surface area contributed by atoms with Crippen LogP contribution in [-0.4, -0.2) is 30.7 Å². The lowest BCUT2D eigenvalue weighted by Crippen LogP contribution is -2.39. The van der Waals surface area contributed by atoms with Crippen molar-refractivity contribution in [2.24, 2.45) is 0 Å². The third-order valence-electron chi connectivity index (χ3n) is 4.75. The molecule has 3 rings (SSSR count). The van der Waals surface area contributed by atoms with Crippen LogP contribution >= 0.6 is 0 Å².